The number of halogens is 3. The summed E-state index contributed by atoms with van der Waals surface area (Å²) in [7, 11) is 0. The van der Waals surface area contributed by atoms with Crippen molar-refractivity contribution >= 4 is 23.3 Å². The minimum atomic E-state index is -4.66. The Hall–Kier alpha value is -3.95. The molecule has 0 saturated carbocycles. The molecule has 3 heterocycles. The van der Waals surface area contributed by atoms with Crippen LogP contribution in [-0.2, 0) is 6.18 Å². The van der Waals surface area contributed by atoms with Crippen molar-refractivity contribution in [1.82, 2.24) is 19.4 Å². The minimum Gasteiger partial charge on any atom is -0.478 e. The smallest absolute Gasteiger partial charge is 0.435 e. The Morgan fingerprint density at radius 3 is 2.48 bits per heavy atom. The van der Waals surface area contributed by atoms with Gasteiger partial charge in [0.05, 0.1) is 11.3 Å². The number of aromatic carboxylic acids is 1. The predicted molar refractivity (Wildman–Crippen MR) is 97.9 cm³/mol. The van der Waals surface area contributed by atoms with Gasteiger partial charge in [-0.15, -0.1) is 0 Å². The topological polar surface area (TPSA) is 92.4 Å². The lowest BCUT2D eigenvalue weighted by Crippen LogP contribution is -2.09. The Bertz CT molecular complexity index is 1200. The summed E-state index contributed by atoms with van der Waals surface area (Å²) < 4.78 is 41.9. The van der Waals surface area contributed by atoms with Crippen molar-refractivity contribution in [3.63, 3.8) is 0 Å². The highest BCUT2D eigenvalue weighted by molar-refractivity contribution is 5.88. The van der Waals surface area contributed by atoms with Gasteiger partial charge in [-0.1, -0.05) is 6.07 Å². The van der Waals surface area contributed by atoms with E-state index in [1.54, 1.807) is 12.1 Å². The highest BCUT2D eigenvalue weighted by atomic mass is 19.4. The second-order valence-corrected chi connectivity index (χ2v) is 6.01. The van der Waals surface area contributed by atoms with Crippen molar-refractivity contribution in [3.8, 4) is 11.4 Å². The maximum Gasteiger partial charge on any atom is 0.435 e. The van der Waals surface area contributed by atoms with Gasteiger partial charge in [-0.25, -0.2) is 19.7 Å². The largest absolute Gasteiger partial charge is 0.478 e. The van der Waals surface area contributed by atoms with Gasteiger partial charge in [0.2, 0.25) is 5.95 Å². The summed E-state index contributed by atoms with van der Waals surface area (Å²) in [6.45, 7) is 0. The molecule has 0 fully saturated rings. The number of carboxylic acid groups (broad SMARTS) is 1. The lowest BCUT2D eigenvalue weighted by molar-refractivity contribution is -0.140. The van der Waals surface area contributed by atoms with Crippen LogP contribution in [0.25, 0.3) is 17.0 Å². The van der Waals surface area contributed by atoms with Crippen molar-refractivity contribution in [1.29, 1.82) is 0 Å². The number of hydrogen-bond donors (Lipinski definition) is 2. The first-order valence-corrected chi connectivity index (χ1v) is 8.31. The summed E-state index contributed by atoms with van der Waals surface area (Å²) >= 11 is 0. The van der Waals surface area contributed by atoms with E-state index in [1.807, 2.05) is 0 Å². The van der Waals surface area contributed by atoms with Crippen molar-refractivity contribution < 1.29 is 23.1 Å². The Labute approximate surface area is 161 Å². The van der Waals surface area contributed by atoms with E-state index in [4.69, 9.17) is 5.11 Å². The minimum absolute atomic E-state index is 0.0377. The summed E-state index contributed by atoms with van der Waals surface area (Å²) in [5, 5.41) is 11.8. The molecule has 0 aliphatic rings. The maximum absolute atomic E-state index is 13.5. The number of rotatable bonds is 4. The van der Waals surface area contributed by atoms with Crippen LogP contribution >= 0.6 is 0 Å². The molecule has 10 heteroatoms. The molecule has 2 N–H and O–H groups in total. The van der Waals surface area contributed by atoms with E-state index in [0.717, 1.165) is 0 Å². The number of alkyl halides is 3. The molecule has 1 aromatic carbocycles. The molecule has 4 rings (SSSR count). The number of benzene rings is 1. The van der Waals surface area contributed by atoms with E-state index < -0.39 is 17.8 Å². The first-order valence-electron chi connectivity index (χ1n) is 8.31. The molecule has 29 heavy (non-hydrogen) atoms. The summed E-state index contributed by atoms with van der Waals surface area (Å²) in [6, 6.07) is 11.8. The molecule has 0 radical (unpaired) electrons. The molecule has 0 unspecified atom stereocenters. The quantitative estimate of drug-likeness (QED) is 0.533. The highest BCUT2D eigenvalue weighted by Gasteiger charge is 2.38. The van der Waals surface area contributed by atoms with Crippen molar-refractivity contribution in [3.05, 3.63) is 72.2 Å². The van der Waals surface area contributed by atoms with Gasteiger partial charge < -0.3 is 10.4 Å². The number of fused-ring (bicyclic) bond motifs is 1. The van der Waals surface area contributed by atoms with Gasteiger partial charge in [0.1, 0.15) is 11.3 Å². The zero-order valence-corrected chi connectivity index (χ0v) is 14.6. The van der Waals surface area contributed by atoms with Gasteiger partial charge in [0.15, 0.2) is 5.69 Å². The fourth-order valence-electron chi connectivity index (χ4n) is 2.81. The molecule has 3 aromatic heterocycles. The molecule has 0 aliphatic carbocycles. The van der Waals surface area contributed by atoms with E-state index in [0.29, 0.717) is 5.69 Å². The zero-order valence-electron chi connectivity index (χ0n) is 14.6. The number of aromatic nitrogens is 4. The molecule has 7 nitrogen and oxygen atoms in total. The van der Waals surface area contributed by atoms with Crippen molar-refractivity contribution in [2.75, 3.05) is 5.32 Å². The van der Waals surface area contributed by atoms with Gasteiger partial charge in [-0.05, 0) is 42.5 Å². The first kappa shape index (κ1) is 18.4. The molecule has 4 aromatic rings. The molecule has 0 atom stereocenters. The van der Waals surface area contributed by atoms with Crippen LogP contribution < -0.4 is 5.32 Å². The number of nitrogens with zero attached hydrogens (tertiary/aromatic N) is 4. The monoisotopic (exact) mass is 399 g/mol. The van der Waals surface area contributed by atoms with E-state index in [1.165, 1.54) is 53.2 Å². The van der Waals surface area contributed by atoms with Gasteiger partial charge in [-0.2, -0.15) is 13.2 Å². The summed E-state index contributed by atoms with van der Waals surface area (Å²) in [6.07, 6.45) is -1.85. The Balaban J connectivity index is 1.75. The Morgan fingerprint density at radius 1 is 1.03 bits per heavy atom. The third-order valence-corrected chi connectivity index (χ3v) is 4.08. The summed E-state index contributed by atoms with van der Waals surface area (Å²) in [5.74, 6) is -1.01. The lowest BCUT2D eigenvalue weighted by Gasteiger charge is -2.09. The third-order valence-electron chi connectivity index (χ3n) is 4.08. The van der Waals surface area contributed by atoms with Crippen LogP contribution in [0.2, 0.25) is 0 Å². The fraction of sp³-hybridized carbons (Fsp3) is 0.0526. The number of carbonyl (C=O) groups is 1. The standard InChI is InChI=1S/C19H12F3N5O2/c20-19(21,22)16-15(27-10-2-1-3-14(27)26-16)13-8-9-23-18(25-13)24-12-6-4-11(5-7-12)17(28)29/h1-10H,(H,28,29)(H,23,24,25). The molecule has 0 aliphatic heterocycles. The van der Waals surface area contributed by atoms with Crippen molar-refractivity contribution in [2.24, 2.45) is 0 Å². The van der Waals surface area contributed by atoms with Crippen LogP contribution in [-0.4, -0.2) is 30.4 Å². The van der Waals surface area contributed by atoms with Gasteiger partial charge in [-0.3, -0.25) is 4.40 Å². The number of anilines is 2. The molecule has 0 bridgehead atoms. The predicted octanol–water partition coefficient (Wildman–Crippen LogP) is 4.25. The molecule has 0 spiro atoms. The molecule has 0 amide bonds. The number of imidazole rings is 1. The SMILES string of the molecule is O=C(O)c1ccc(Nc2nccc(-c3c(C(F)(F)F)nc4ccccn34)n2)cc1. The number of pyridine rings is 1. The Morgan fingerprint density at radius 2 is 1.79 bits per heavy atom. The summed E-state index contributed by atoms with van der Waals surface area (Å²) in [4.78, 5) is 22.8. The fourth-order valence-corrected chi connectivity index (χ4v) is 2.81. The van der Waals surface area contributed by atoms with Gasteiger partial charge in [0.25, 0.3) is 0 Å². The molecular weight excluding hydrogens is 387 g/mol. The molecular formula is C19H12F3N5O2. The second kappa shape index (κ2) is 6.89. The van der Waals surface area contributed by atoms with E-state index in [2.05, 4.69) is 20.3 Å². The van der Waals surface area contributed by atoms with E-state index in [-0.39, 0.29) is 28.5 Å². The van der Waals surface area contributed by atoms with Crippen molar-refractivity contribution in [2.45, 2.75) is 6.18 Å². The third kappa shape index (κ3) is 3.59. The Kier molecular flexibility index (Phi) is 4.38. The van der Waals surface area contributed by atoms with Gasteiger partial charge >= 0.3 is 12.1 Å². The maximum atomic E-state index is 13.5. The molecule has 0 saturated heterocycles. The van der Waals surface area contributed by atoms with Crippen LogP contribution in [0.4, 0.5) is 24.8 Å². The van der Waals surface area contributed by atoms with Crippen LogP contribution in [0.5, 0.6) is 0 Å². The number of hydrogen-bond acceptors (Lipinski definition) is 5. The number of nitrogens with one attached hydrogen (secondary N) is 1. The average Bonchev–Trinajstić information content (AvgIpc) is 3.09. The first-order chi connectivity index (χ1) is 13.8. The second-order valence-electron chi connectivity index (χ2n) is 6.01. The molecule has 146 valence electrons. The normalized spacial score (nSPS) is 11.6. The van der Waals surface area contributed by atoms with E-state index >= 15 is 0 Å². The van der Waals surface area contributed by atoms with Crippen LogP contribution in [0.3, 0.4) is 0 Å². The number of carboxylic acids is 1. The van der Waals surface area contributed by atoms with Crippen LogP contribution in [0.1, 0.15) is 16.1 Å². The summed E-state index contributed by atoms with van der Waals surface area (Å²) in [5.41, 5.74) is -0.464. The lowest BCUT2D eigenvalue weighted by atomic mass is 10.2. The van der Waals surface area contributed by atoms with Gasteiger partial charge in [0, 0.05) is 18.1 Å². The average molecular weight is 399 g/mol. The van der Waals surface area contributed by atoms with Crippen LogP contribution in [0, 0.1) is 0 Å². The highest BCUT2D eigenvalue weighted by Crippen LogP contribution is 2.36. The van der Waals surface area contributed by atoms with E-state index in [9.17, 15) is 18.0 Å². The van der Waals surface area contributed by atoms with Crippen LogP contribution in [0.15, 0.2) is 60.9 Å². The zero-order chi connectivity index (χ0) is 20.6.